The minimum atomic E-state index is -1.56. The number of fused-ring (bicyclic) bond motifs is 1. The van der Waals surface area contributed by atoms with Crippen LogP contribution in [-0.2, 0) is 22.2 Å². The van der Waals surface area contributed by atoms with Gasteiger partial charge in [0.25, 0.3) is 0 Å². The number of methoxy groups -OCH3 is 1. The highest BCUT2D eigenvalue weighted by Crippen LogP contribution is 2.30. The molecule has 1 fully saturated rings. The van der Waals surface area contributed by atoms with Crippen LogP contribution >= 0.6 is 15.9 Å². The Kier molecular flexibility index (Phi) is 12.2. The Hall–Kier alpha value is -5.44. The number of amides is 3. The van der Waals surface area contributed by atoms with E-state index in [1.54, 1.807) is 41.3 Å². The summed E-state index contributed by atoms with van der Waals surface area (Å²) in [5, 5.41) is 16.9. The van der Waals surface area contributed by atoms with Gasteiger partial charge in [0, 0.05) is 42.2 Å². The Morgan fingerprint density at radius 1 is 0.926 bits per heavy atom. The van der Waals surface area contributed by atoms with Crippen molar-refractivity contribution in [2.45, 2.75) is 29.8 Å². The first kappa shape index (κ1) is 38.3. The summed E-state index contributed by atoms with van der Waals surface area (Å²) in [5.74, 6) is -0.352. The molecule has 1 unspecified atom stereocenters. The molecule has 1 aliphatic rings. The lowest BCUT2D eigenvalue weighted by Gasteiger charge is -2.25. The van der Waals surface area contributed by atoms with Gasteiger partial charge in [-0.2, -0.15) is 0 Å². The zero-order valence-electron chi connectivity index (χ0n) is 29.9. The standard InChI is InChI=1S/C40H40BrN5O7S/c1-45(2)36-10-6-7-27-21-31(16-17-32(27)36)54(51)44-28-22-29(24-53-30-14-12-26(13-15-30)39(48)49)46(23-28)38(47)20-25-11-18-35(37(19-25)52-3)43-40(50)42-34-9-5-4-8-33(34)41/h4-19,21,28-29,44H,20,22-24H2,1-3H3,(H,48,49)(H2,42,43,50)/t28-,29-,54?/m0/s1. The number of nitrogens with one attached hydrogen (secondary N) is 3. The van der Waals surface area contributed by atoms with Crippen LogP contribution in [0.15, 0.2) is 112 Å². The van der Waals surface area contributed by atoms with Crippen molar-refractivity contribution < 1.29 is 33.2 Å². The molecule has 0 bridgehead atoms. The van der Waals surface area contributed by atoms with Crippen LogP contribution < -0.4 is 29.7 Å². The molecule has 1 aliphatic heterocycles. The van der Waals surface area contributed by atoms with Gasteiger partial charge in [0.15, 0.2) is 0 Å². The number of anilines is 3. The highest BCUT2D eigenvalue weighted by Gasteiger charge is 2.36. The van der Waals surface area contributed by atoms with Gasteiger partial charge in [0.05, 0.1) is 41.4 Å². The molecule has 14 heteroatoms. The number of benzene rings is 5. The van der Waals surface area contributed by atoms with E-state index < -0.39 is 23.0 Å². The smallest absolute Gasteiger partial charge is 0.335 e. The fourth-order valence-corrected chi connectivity index (χ4v) is 7.80. The van der Waals surface area contributed by atoms with Crippen LogP contribution in [0, 0.1) is 0 Å². The Morgan fingerprint density at radius 2 is 1.69 bits per heavy atom. The number of hydrogen-bond donors (Lipinski definition) is 4. The van der Waals surface area contributed by atoms with Gasteiger partial charge < -0.3 is 35.0 Å². The minimum Gasteiger partial charge on any atom is -0.495 e. The lowest BCUT2D eigenvalue weighted by atomic mass is 10.1. The lowest BCUT2D eigenvalue weighted by Crippen LogP contribution is -2.41. The number of urea groups is 1. The number of para-hydroxylation sites is 1. The van der Waals surface area contributed by atoms with Crippen LogP contribution in [0.1, 0.15) is 22.3 Å². The first-order valence-electron chi connectivity index (χ1n) is 17.1. The predicted octanol–water partition coefficient (Wildman–Crippen LogP) is 6.92. The lowest BCUT2D eigenvalue weighted by molar-refractivity contribution is -0.131. The third kappa shape index (κ3) is 9.19. The molecule has 0 aliphatic carbocycles. The number of carboxylic acid groups (broad SMARTS) is 1. The van der Waals surface area contributed by atoms with Gasteiger partial charge in [-0.3, -0.25) is 4.79 Å². The largest absolute Gasteiger partial charge is 0.495 e. The average Bonchev–Trinajstić information content (AvgIpc) is 3.57. The Bertz CT molecular complexity index is 2200. The topological polar surface area (TPSA) is 150 Å². The van der Waals surface area contributed by atoms with E-state index in [9.17, 15) is 23.7 Å². The van der Waals surface area contributed by atoms with E-state index in [0.29, 0.717) is 46.3 Å². The molecule has 0 radical (unpaired) electrons. The molecular weight excluding hydrogens is 774 g/mol. The van der Waals surface area contributed by atoms with E-state index in [2.05, 4.69) is 31.3 Å². The number of likely N-dealkylation sites (tertiary alicyclic amines) is 1. The zero-order valence-corrected chi connectivity index (χ0v) is 32.3. The maximum Gasteiger partial charge on any atom is 0.335 e. The second-order valence-corrected chi connectivity index (χ2v) is 15.1. The summed E-state index contributed by atoms with van der Waals surface area (Å²) in [7, 11) is 3.90. The van der Waals surface area contributed by atoms with Gasteiger partial charge in [-0.05, 0) is 100 Å². The molecule has 3 amide bonds. The maximum absolute atomic E-state index is 14.0. The first-order valence-corrected chi connectivity index (χ1v) is 19.1. The first-order chi connectivity index (χ1) is 26.0. The average molecular weight is 815 g/mol. The molecule has 1 heterocycles. The summed E-state index contributed by atoms with van der Waals surface area (Å²) in [6, 6.07) is 29.1. The number of hydrogen-bond acceptors (Lipinski definition) is 7. The summed E-state index contributed by atoms with van der Waals surface area (Å²) in [5.41, 5.74) is 2.91. The van der Waals surface area contributed by atoms with Crippen molar-refractivity contribution in [1.29, 1.82) is 0 Å². The number of carbonyl (C=O) groups excluding carboxylic acids is 2. The normalized spacial score (nSPS) is 15.7. The number of aromatic carboxylic acids is 1. The fraction of sp³-hybridized carbons (Fsp3) is 0.225. The molecule has 280 valence electrons. The van der Waals surface area contributed by atoms with E-state index in [4.69, 9.17) is 9.47 Å². The molecule has 1 saturated heterocycles. The van der Waals surface area contributed by atoms with Gasteiger partial charge in [-0.1, -0.05) is 36.4 Å². The summed E-state index contributed by atoms with van der Waals surface area (Å²) in [6.45, 7) is 0.436. The van der Waals surface area contributed by atoms with Crippen molar-refractivity contribution in [1.82, 2.24) is 9.62 Å². The fourth-order valence-electron chi connectivity index (χ4n) is 6.38. The minimum absolute atomic E-state index is 0.0400. The van der Waals surface area contributed by atoms with Crippen LogP contribution in [-0.4, -0.2) is 78.6 Å². The molecule has 3 atom stereocenters. The molecule has 12 nitrogen and oxygen atoms in total. The highest BCUT2D eigenvalue weighted by atomic mass is 79.9. The second-order valence-electron chi connectivity index (χ2n) is 13.0. The third-order valence-electron chi connectivity index (χ3n) is 9.07. The van der Waals surface area contributed by atoms with Crippen molar-refractivity contribution in [3.63, 3.8) is 0 Å². The predicted molar refractivity (Wildman–Crippen MR) is 214 cm³/mol. The van der Waals surface area contributed by atoms with E-state index in [1.807, 2.05) is 73.6 Å². The van der Waals surface area contributed by atoms with Crippen molar-refractivity contribution in [3.8, 4) is 11.5 Å². The second kappa shape index (κ2) is 17.1. The van der Waals surface area contributed by atoms with Crippen molar-refractivity contribution in [2.75, 3.05) is 49.9 Å². The summed E-state index contributed by atoms with van der Waals surface area (Å²) in [4.78, 5) is 42.4. The molecule has 0 aromatic heterocycles. The molecule has 0 saturated carbocycles. The van der Waals surface area contributed by atoms with E-state index in [0.717, 1.165) is 20.9 Å². The third-order valence-corrected chi connectivity index (χ3v) is 11.0. The van der Waals surface area contributed by atoms with Gasteiger partial charge >= 0.3 is 12.0 Å². The molecule has 0 spiro atoms. The molecule has 54 heavy (non-hydrogen) atoms. The molecule has 4 N–H and O–H groups in total. The quantitative estimate of drug-likeness (QED) is 0.100. The van der Waals surface area contributed by atoms with Crippen LogP contribution in [0.5, 0.6) is 11.5 Å². The number of ether oxygens (including phenoxy) is 2. The molecule has 5 aromatic carbocycles. The Labute approximate surface area is 324 Å². The monoisotopic (exact) mass is 813 g/mol. The Morgan fingerprint density at radius 3 is 2.41 bits per heavy atom. The van der Waals surface area contributed by atoms with Crippen molar-refractivity contribution in [3.05, 3.63) is 119 Å². The summed E-state index contributed by atoms with van der Waals surface area (Å²) >= 11 is 3.42. The van der Waals surface area contributed by atoms with Crippen LogP contribution in [0.2, 0.25) is 0 Å². The summed E-state index contributed by atoms with van der Waals surface area (Å²) < 4.78 is 29.2. The molecule has 5 aromatic rings. The highest BCUT2D eigenvalue weighted by molar-refractivity contribution is 9.10. The van der Waals surface area contributed by atoms with Crippen LogP contribution in [0.25, 0.3) is 10.8 Å². The number of halogens is 1. The molecule has 6 rings (SSSR count). The number of carboxylic acids is 1. The zero-order chi connectivity index (χ0) is 38.4. The van der Waals surface area contributed by atoms with Gasteiger partial charge in [-0.15, -0.1) is 0 Å². The van der Waals surface area contributed by atoms with E-state index >= 15 is 0 Å². The maximum atomic E-state index is 14.0. The number of carbonyl (C=O) groups is 3. The SMILES string of the molecule is COc1cc(CC(=O)N2C[C@@H](NS(=O)c3ccc4c(N(C)C)cccc4c3)C[C@H]2COc2ccc(C(=O)O)cc2)ccc1NC(=O)Nc1ccccc1Br. The molecular formula is C40H40BrN5O7S. The van der Waals surface area contributed by atoms with Crippen molar-refractivity contribution >= 4 is 72.7 Å². The van der Waals surface area contributed by atoms with Crippen LogP contribution in [0.4, 0.5) is 21.9 Å². The van der Waals surface area contributed by atoms with E-state index in [-0.39, 0.29) is 36.6 Å². The van der Waals surface area contributed by atoms with Crippen molar-refractivity contribution in [2.24, 2.45) is 0 Å². The van der Waals surface area contributed by atoms with Crippen LogP contribution in [0.3, 0.4) is 0 Å². The van der Waals surface area contributed by atoms with Gasteiger partial charge in [0.1, 0.15) is 29.1 Å². The Balaban J connectivity index is 1.16. The number of rotatable bonds is 13. The van der Waals surface area contributed by atoms with E-state index in [1.165, 1.54) is 19.2 Å². The van der Waals surface area contributed by atoms with Gasteiger partial charge in [-0.25, -0.2) is 18.5 Å². The number of nitrogens with zero attached hydrogens (tertiary/aromatic N) is 2. The van der Waals surface area contributed by atoms with Gasteiger partial charge in [0.2, 0.25) is 5.91 Å². The summed E-state index contributed by atoms with van der Waals surface area (Å²) in [6.07, 6.45) is 0.514.